The van der Waals surface area contributed by atoms with Crippen LogP contribution in [0.4, 0.5) is 5.69 Å². The predicted octanol–water partition coefficient (Wildman–Crippen LogP) is 6.00. The van der Waals surface area contributed by atoms with Crippen LogP contribution in [0.5, 0.6) is 0 Å². The van der Waals surface area contributed by atoms with Crippen LogP contribution in [0.2, 0.25) is 10.0 Å². The lowest BCUT2D eigenvalue weighted by Crippen LogP contribution is -2.51. The first-order valence-corrected chi connectivity index (χ1v) is 15.2. The van der Waals surface area contributed by atoms with Gasteiger partial charge in [0.1, 0.15) is 12.6 Å². The second kappa shape index (κ2) is 13.5. The molecule has 0 aliphatic carbocycles. The summed E-state index contributed by atoms with van der Waals surface area (Å²) >= 11 is 12.3. The molecule has 40 heavy (non-hydrogen) atoms. The lowest BCUT2D eigenvalue weighted by Gasteiger charge is -2.32. The summed E-state index contributed by atoms with van der Waals surface area (Å²) in [7, 11) is -4.12. The van der Waals surface area contributed by atoms with Crippen molar-refractivity contribution in [3.63, 3.8) is 0 Å². The smallest absolute Gasteiger partial charge is 0.264 e. The maximum absolute atomic E-state index is 14.0. The fourth-order valence-electron chi connectivity index (χ4n) is 4.02. The third-order valence-electron chi connectivity index (χ3n) is 6.37. The van der Waals surface area contributed by atoms with Gasteiger partial charge in [-0.25, -0.2) is 8.42 Å². The number of carbonyl (C=O) groups is 2. The zero-order valence-electron chi connectivity index (χ0n) is 23.3. The van der Waals surface area contributed by atoms with E-state index in [2.05, 4.69) is 5.32 Å². The highest BCUT2D eigenvalue weighted by Crippen LogP contribution is 2.27. The second-order valence-corrected chi connectivity index (χ2v) is 12.9. The highest BCUT2D eigenvalue weighted by Gasteiger charge is 2.32. The molecule has 214 valence electrons. The number of hydrogen-bond donors (Lipinski definition) is 1. The second-order valence-electron chi connectivity index (χ2n) is 10.2. The van der Waals surface area contributed by atoms with E-state index in [0.717, 1.165) is 15.4 Å². The van der Waals surface area contributed by atoms with E-state index < -0.39 is 28.5 Å². The number of anilines is 1. The number of amides is 2. The van der Waals surface area contributed by atoms with Crippen molar-refractivity contribution in [2.45, 2.75) is 52.1 Å². The number of nitrogens with zero attached hydrogens (tertiary/aromatic N) is 2. The Hall–Kier alpha value is -3.07. The maximum atomic E-state index is 14.0. The van der Waals surface area contributed by atoms with E-state index in [1.54, 1.807) is 55.5 Å². The fraction of sp³-hybridized carbons (Fsp3) is 0.333. The van der Waals surface area contributed by atoms with Gasteiger partial charge in [-0.2, -0.15) is 0 Å². The molecule has 0 saturated carbocycles. The molecule has 0 bridgehead atoms. The highest BCUT2D eigenvalue weighted by molar-refractivity contribution is 7.92. The number of sulfonamides is 1. The molecule has 0 heterocycles. The Morgan fingerprint density at radius 3 is 2.15 bits per heavy atom. The average Bonchev–Trinajstić information content (AvgIpc) is 2.90. The first-order chi connectivity index (χ1) is 18.8. The number of rotatable bonds is 11. The average molecular weight is 605 g/mol. The van der Waals surface area contributed by atoms with E-state index in [0.29, 0.717) is 27.8 Å². The summed E-state index contributed by atoms with van der Waals surface area (Å²) in [5.41, 5.74) is 2.74. The Kier molecular flexibility index (Phi) is 10.6. The van der Waals surface area contributed by atoms with E-state index in [9.17, 15) is 18.0 Å². The minimum absolute atomic E-state index is 0.0260. The van der Waals surface area contributed by atoms with Crippen molar-refractivity contribution in [1.29, 1.82) is 0 Å². The summed E-state index contributed by atoms with van der Waals surface area (Å²) in [6.45, 7) is 9.23. The molecule has 0 saturated heterocycles. The van der Waals surface area contributed by atoms with Gasteiger partial charge in [0.2, 0.25) is 11.8 Å². The van der Waals surface area contributed by atoms with Crippen LogP contribution in [0, 0.1) is 19.8 Å². The summed E-state index contributed by atoms with van der Waals surface area (Å²) in [5.74, 6) is -0.673. The van der Waals surface area contributed by atoms with E-state index in [-0.39, 0.29) is 23.3 Å². The number of nitrogens with one attached hydrogen (secondary N) is 1. The number of aryl methyl sites for hydroxylation is 2. The van der Waals surface area contributed by atoms with E-state index in [4.69, 9.17) is 23.2 Å². The van der Waals surface area contributed by atoms with Crippen LogP contribution in [0.25, 0.3) is 0 Å². The van der Waals surface area contributed by atoms with Gasteiger partial charge in [0.05, 0.1) is 20.6 Å². The molecule has 3 rings (SSSR count). The lowest BCUT2D eigenvalue weighted by molar-refractivity contribution is -0.139. The van der Waals surface area contributed by atoms with Crippen molar-refractivity contribution in [2.24, 2.45) is 5.92 Å². The normalized spacial score (nSPS) is 12.2. The van der Waals surface area contributed by atoms with Gasteiger partial charge in [0, 0.05) is 13.1 Å². The van der Waals surface area contributed by atoms with Crippen molar-refractivity contribution in [3.05, 3.63) is 93.5 Å². The molecule has 2 amide bonds. The maximum Gasteiger partial charge on any atom is 0.264 e. The molecule has 0 aliphatic rings. The molecule has 3 aromatic rings. The quantitative estimate of drug-likeness (QED) is 0.291. The SMILES string of the molecule is Cc1ccc(S(=O)(=O)N(CC(=O)N(Cc2ccc(Cl)c(Cl)c2)[C@H](C)C(=O)NCC(C)C)c2cccc(C)c2)cc1. The van der Waals surface area contributed by atoms with Crippen molar-refractivity contribution < 1.29 is 18.0 Å². The number of benzene rings is 3. The third kappa shape index (κ3) is 7.99. The minimum Gasteiger partial charge on any atom is -0.354 e. The predicted molar refractivity (Wildman–Crippen MR) is 161 cm³/mol. The van der Waals surface area contributed by atoms with Crippen LogP contribution in [-0.4, -0.2) is 44.3 Å². The van der Waals surface area contributed by atoms with Gasteiger partial charge in [-0.3, -0.25) is 13.9 Å². The van der Waals surface area contributed by atoms with E-state index in [1.807, 2.05) is 33.8 Å². The van der Waals surface area contributed by atoms with Gasteiger partial charge in [-0.1, -0.05) is 72.9 Å². The van der Waals surface area contributed by atoms with Crippen molar-refractivity contribution >= 4 is 50.7 Å². The molecular weight excluding hydrogens is 569 g/mol. The highest BCUT2D eigenvalue weighted by atomic mass is 35.5. The van der Waals surface area contributed by atoms with Gasteiger partial charge in [0.15, 0.2) is 0 Å². The van der Waals surface area contributed by atoms with Crippen molar-refractivity contribution in [3.8, 4) is 0 Å². The molecule has 3 aromatic carbocycles. The van der Waals surface area contributed by atoms with Crippen LogP contribution in [-0.2, 0) is 26.2 Å². The molecule has 1 atom stereocenters. The van der Waals surface area contributed by atoms with Crippen molar-refractivity contribution in [2.75, 3.05) is 17.4 Å². The summed E-state index contributed by atoms with van der Waals surface area (Å²) in [4.78, 5) is 28.5. The molecule has 10 heteroatoms. The van der Waals surface area contributed by atoms with Gasteiger partial charge in [-0.15, -0.1) is 0 Å². The summed E-state index contributed by atoms with van der Waals surface area (Å²) < 4.78 is 28.8. The number of halogens is 2. The first-order valence-electron chi connectivity index (χ1n) is 13.0. The Bertz CT molecular complexity index is 1460. The van der Waals surface area contributed by atoms with Crippen LogP contribution >= 0.6 is 23.2 Å². The zero-order chi connectivity index (χ0) is 29.6. The van der Waals surface area contributed by atoms with E-state index >= 15 is 0 Å². The Morgan fingerprint density at radius 1 is 0.875 bits per heavy atom. The van der Waals surface area contributed by atoms with Crippen LogP contribution < -0.4 is 9.62 Å². The van der Waals surface area contributed by atoms with Gasteiger partial charge in [-0.05, 0) is 74.2 Å². The molecule has 7 nitrogen and oxygen atoms in total. The molecule has 0 fully saturated rings. The summed E-state index contributed by atoms with van der Waals surface area (Å²) in [6, 6.07) is 17.5. The lowest BCUT2D eigenvalue weighted by atomic mass is 10.1. The summed E-state index contributed by atoms with van der Waals surface area (Å²) in [5, 5.41) is 3.54. The van der Waals surface area contributed by atoms with Gasteiger partial charge >= 0.3 is 0 Å². The fourth-order valence-corrected chi connectivity index (χ4v) is 5.75. The topological polar surface area (TPSA) is 86.8 Å². The van der Waals surface area contributed by atoms with Gasteiger partial charge in [0.25, 0.3) is 10.0 Å². The first kappa shape index (κ1) is 31.5. The van der Waals surface area contributed by atoms with Crippen LogP contribution in [0.1, 0.15) is 37.5 Å². The number of carbonyl (C=O) groups excluding carboxylic acids is 2. The molecule has 0 radical (unpaired) electrons. The van der Waals surface area contributed by atoms with Crippen LogP contribution in [0.3, 0.4) is 0 Å². The molecule has 0 unspecified atom stereocenters. The molecule has 0 spiro atoms. The number of hydrogen-bond acceptors (Lipinski definition) is 4. The third-order valence-corrected chi connectivity index (χ3v) is 8.89. The molecular formula is C30H35Cl2N3O4S. The Morgan fingerprint density at radius 2 is 1.55 bits per heavy atom. The monoisotopic (exact) mass is 603 g/mol. The molecule has 0 aromatic heterocycles. The largest absolute Gasteiger partial charge is 0.354 e. The molecule has 1 N–H and O–H groups in total. The zero-order valence-corrected chi connectivity index (χ0v) is 25.6. The van der Waals surface area contributed by atoms with Crippen LogP contribution in [0.15, 0.2) is 71.6 Å². The summed E-state index contributed by atoms with van der Waals surface area (Å²) in [6.07, 6.45) is 0. The Labute approximate surface area is 247 Å². The minimum atomic E-state index is -4.12. The standard InChI is InChI=1S/C30H35Cl2N3O4S/c1-20(2)17-33-30(37)23(5)34(18-24-11-14-27(31)28(32)16-24)29(36)19-35(25-8-6-7-22(4)15-25)40(38,39)26-12-9-21(3)10-13-26/h6-16,20,23H,17-19H2,1-5H3,(H,33,37)/t23-/m1/s1. The van der Waals surface area contributed by atoms with Crippen molar-refractivity contribution in [1.82, 2.24) is 10.2 Å². The van der Waals surface area contributed by atoms with E-state index in [1.165, 1.54) is 17.0 Å². The van der Waals surface area contributed by atoms with Gasteiger partial charge < -0.3 is 10.2 Å². The Balaban J connectivity index is 2.03. The molecule has 0 aliphatic heterocycles.